The summed E-state index contributed by atoms with van der Waals surface area (Å²) in [6.45, 7) is 10.0. The van der Waals surface area contributed by atoms with Gasteiger partial charge in [0, 0.05) is 23.0 Å². The Hall–Kier alpha value is 0.600. The van der Waals surface area contributed by atoms with E-state index in [1.807, 2.05) is 0 Å². The van der Waals surface area contributed by atoms with Gasteiger partial charge in [0.2, 0.25) is 10.2 Å². The van der Waals surface area contributed by atoms with E-state index < -0.39 is 31.7 Å². The molecule has 0 aromatic rings. The third-order valence-corrected chi connectivity index (χ3v) is 6.02. The van der Waals surface area contributed by atoms with Gasteiger partial charge in [-0.2, -0.15) is 0 Å². The molecule has 0 rings (SSSR count). The molecule has 0 atom stereocenters. The molecule has 8 nitrogen and oxygen atoms in total. The quantitative estimate of drug-likeness (QED) is 0.190. The largest absolute Gasteiger partial charge is 2.00 e. The molecule has 152 valence electrons. The van der Waals surface area contributed by atoms with E-state index in [1.165, 1.54) is 0 Å². The molecule has 0 heterocycles. The molecule has 13 heteroatoms. The van der Waals surface area contributed by atoms with Crippen molar-refractivity contribution in [2.45, 2.75) is 26.7 Å². The monoisotopic (exact) mass is 486 g/mol. The minimum atomic E-state index is -4.14. The Kier molecular flexibility index (Phi) is 19.6. The van der Waals surface area contributed by atoms with Crippen LogP contribution in [0, 0.1) is 0 Å². The van der Waals surface area contributed by atoms with E-state index in [2.05, 4.69) is 13.2 Å². The average Bonchev–Trinajstić information content (AvgIpc) is 2.46. The maximum absolute atomic E-state index is 10.9. The van der Waals surface area contributed by atoms with Crippen LogP contribution in [0.15, 0.2) is 24.3 Å². The minimum Gasteiger partial charge on any atom is -0.748 e. The summed E-state index contributed by atoms with van der Waals surface area (Å²) in [7, 11) is -8.28. The van der Waals surface area contributed by atoms with Gasteiger partial charge in [-0.05, 0) is 37.8 Å². The van der Waals surface area contributed by atoms with Gasteiger partial charge in [0.1, 0.15) is 0 Å². The molecule has 0 aliphatic rings. The Bertz CT molecular complexity index is 651. The summed E-state index contributed by atoms with van der Waals surface area (Å²) in [4.78, 5) is 21.8. The summed E-state index contributed by atoms with van der Waals surface area (Å²) in [5.41, 5.74) is 0.852. The first-order valence-electron chi connectivity index (χ1n) is 7.18. The summed E-state index contributed by atoms with van der Waals surface area (Å²) in [5, 5.41) is -0.327. The van der Waals surface area contributed by atoms with Crippen LogP contribution in [0.4, 0.5) is 0 Å². The molecule has 0 saturated heterocycles. The molecule has 0 aromatic carbocycles. The van der Waals surface area contributed by atoms with Crippen molar-refractivity contribution >= 4 is 91.7 Å². The smallest absolute Gasteiger partial charge is 0.748 e. The Morgan fingerprint density at radius 3 is 1.22 bits per heavy atom. The zero-order chi connectivity index (χ0) is 21.0. The summed E-state index contributed by atoms with van der Waals surface area (Å²) in [6, 6.07) is 0. The molecule has 0 saturated carbocycles. The molecule has 0 aliphatic carbocycles. The first-order chi connectivity index (χ1) is 11.7. The van der Waals surface area contributed by atoms with Gasteiger partial charge in [-0.3, -0.25) is 9.59 Å². The van der Waals surface area contributed by atoms with E-state index in [1.54, 1.807) is 13.8 Å². The van der Waals surface area contributed by atoms with Crippen molar-refractivity contribution < 1.29 is 35.5 Å². The van der Waals surface area contributed by atoms with Gasteiger partial charge in [0.25, 0.3) is 0 Å². The van der Waals surface area contributed by atoms with Crippen molar-refractivity contribution in [2.75, 3.05) is 23.0 Å². The number of thioether (sulfide) groups is 2. The maximum atomic E-state index is 10.9. The predicted octanol–water partition coefficient (Wildman–Crippen LogP) is 1.13. The summed E-state index contributed by atoms with van der Waals surface area (Å²) >= 11 is 1.97. The summed E-state index contributed by atoms with van der Waals surface area (Å²) < 4.78 is 60.9. The first-order valence-corrected chi connectivity index (χ1v) is 12.3. The summed E-state index contributed by atoms with van der Waals surface area (Å²) in [6.07, 6.45) is 0.408. The maximum Gasteiger partial charge on any atom is 2.00 e. The second-order valence-electron chi connectivity index (χ2n) is 5.06. The summed E-state index contributed by atoms with van der Waals surface area (Å²) in [5.74, 6) is -0.146. The van der Waals surface area contributed by atoms with Gasteiger partial charge >= 0.3 is 37.7 Å². The SMILES string of the molecule is C=C(C)C(=O)SCCCS(=O)(=O)[O-].C=C(C)C(=O)SCCCS(=O)(=O)[O-].[Ca+2]. The number of hydrogen-bond acceptors (Lipinski definition) is 10. The van der Waals surface area contributed by atoms with Gasteiger partial charge in [0.05, 0.1) is 20.2 Å². The van der Waals surface area contributed by atoms with E-state index in [0.717, 1.165) is 23.5 Å². The molecule has 27 heavy (non-hydrogen) atoms. The van der Waals surface area contributed by atoms with Gasteiger partial charge in [0.15, 0.2) is 0 Å². The normalized spacial score (nSPS) is 10.8. The number of rotatable bonds is 10. The molecule has 0 amide bonds. The minimum absolute atomic E-state index is 0. The first kappa shape index (κ1) is 32.3. The van der Waals surface area contributed by atoms with E-state index in [9.17, 15) is 35.5 Å². The fraction of sp³-hybridized carbons (Fsp3) is 0.571. The van der Waals surface area contributed by atoms with Crippen molar-refractivity contribution in [3.05, 3.63) is 24.3 Å². The van der Waals surface area contributed by atoms with Crippen molar-refractivity contribution in [3.8, 4) is 0 Å². The molecule has 0 radical (unpaired) electrons. The van der Waals surface area contributed by atoms with Crippen molar-refractivity contribution in [3.63, 3.8) is 0 Å². The Labute approximate surface area is 199 Å². The Morgan fingerprint density at radius 1 is 0.778 bits per heavy atom. The number of carbonyl (C=O) groups excluding carboxylic acids is 2. The topological polar surface area (TPSA) is 149 Å². The van der Waals surface area contributed by atoms with Gasteiger partial charge < -0.3 is 9.11 Å². The van der Waals surface area contributed by atoms with Crippen LogP contribution < -0.4 is 0 Å². The number of hydrogen-bond donors (Lipinski definition) is 0. The number of carbonyl (C=O) groups is 2. The van der Waals surface area contributed by atoms with E-state index in [-0.39, 0.29) is 60.8 Å². The van der Waals surface area contributed by atoms with Gasteiger partial charge in [-0.1, -0.05) is 36.7 Å². The molecule has 0 bridgehead atoms. The second-order valence-corrected chi connectivity index (χ2v) is 10.2. The van der Waals surface area contributed by atoms with Crippen molar-refractivity contribution in [2.24, 2.45) is 0 Å². The fourth-order valence-electron chi connectivity index (χ4n) is 1.05. The van der Waals surface area contributed by atoms with E-state index >= 15 is 0 Å². The third kappa shape index (κ3) is 26.6. The Morgan fingerprint density at radius 2 is 1.04 bits per heavy atom. The molecule has 0 aliphatic heterocycles. The standard InChI is InChI=1S/2C7H12O4S2.Ca/c2*1-6(2)7(8)12-4-3-5-13(9,10)11;/h2*1,3-5H2,2H3,(H,9,10,11);/q;;+2/p-2. The molecular weight excluding hydrogens is 464 g/mol. The second kappa shape index (κ2) is 16.4. The van der Waals surface area contributed by atoms with Crippen molar-refractivity contribution in [1.29, 1.82) is 0 Å². The van der Waals surface area contributed by atoms with Crippen LogP contribution in [-0.4, -0.2) is 96.9 Å². The third-order valence-electron chi connectivity index (χ3n) is 2.24. The van der Waals surface area contributed by atoms with Crippen LogP contribution in [0.2, 0.25) is 0 Å². The average molecular weight is 487 g/mol. The molecule has 0 fully saturated rings. The van der Waals surface area contributed by atoms with Crippen LogP contribution in [0.3, 0.4) is 0 Å². The van der Waals surface area contributed by atoms with E-state index in [4.69, 9.17) is 0 Å². The van der Waals surface area contributed by atoms with Gasteiger partial charge in [-0.15, -0.1) is 0 Å². The molecule has 0 unspecified atom stereocenters. The van der Waals surface area contributed by atoms with Crippen LogP contribution in [0.5, 0.6) is 0 Å². The zero-order valence-electron chi connectivity index (χ0n) is 15.3. The van der Waals surface area contributed by atoms with E-state index in [0.29, 0.717) is 22.7 Å². The van der Waals surface area contributed by atoms with Crippen LogP contribution in [0.1, 0.15) is 26.7 Å². The molecule has 0 aromatic heterocycles. The van der Waals surface area contributed by atoms with Crippen LogP contribution >= 0.6 is 23.5 Å². The zero-order valence-corrected chi connectivity index (χ0v) is 20.7. The Balaban J connectivity index is -0.000000411. The fourth-order valence-corrected chi connectivity index (χ4v) is 3.85. The molecule has 0 spiro atoms. The molecular formula is C14H22CaO8S4. The molecule has 0 N–H and O–H groups in total. The van der Waals surface area contributed by atoms with Crippen molar-refractivity contribution in [1.82, 2.24) is 0 Å². The van der Waals surface area contributed by atoms with Gasteiger partial charge in [-0.25, -0.2) is 16.8 Å². The van der Waals surface area contributed by atoms with Crippen LogP contribution in [-0.2, 0) is 29.8 Å². The van der Waals surface area contributed by atoms with Crippen LogP contribution in [0.25, 0.3) is 0 Å². The predicted molar refractivity (Wildman–Crippen MR) is 109 cm³/mol.